The Balaban J connectivity index is 1.28. The summed E-state index contributed by atoms with van der Waals surface area (Å²) < 4.78 is 0. The van der Waals surface area contributed by atoms with Crippen LogP contribution in [-0.4, -0.2) is 0 Å². The molecule has 0 heteroatoms. The summed E-state index contributed by atoms with van der Waals surface area (Å²) in [6.45, 7) is 6.88. The zero-order chi connectivity index (χ0) is 23.8. The molecular formula is C34H44. The second-order valence-electron chi connectivity index (χ2n) is 11.3. The quantitative estimate of drug-likeness (QED) is 0.269. The van der Waals surface area contributed by atoms with Crippen LogP contribution in [0.25, 0.3) is 0 Å². The molecule has 1 saturated carbocycles. The Morgan fingerprint density at radius 1 is 0.647 bits per heavy atom. The first-order valence-corrected chi connectivity index (χ1v) is 13.7. The number of benzene rings is 3. The van der Waals surface area contributed by atoms with Gasteiger partial charge >= 0.3 is 0 Å². The largest absolute Gasteiger partial charge is 0.0617 e. The maximum absolute atomic E-state index is 2.37. The number of aryl methyl sites for hydroxylation is 4. The molecule has 0 unspecified atom stereocenters. The van der Waals surface area contributed by atoms with Gasteiger partial charge in [0.05, 0.1) is 0 Å². The Kier molecular flexibility index (Phi) is 8.65. The first-order valence-electron chi connectivity index (χ1n) is 13.7. The monoisotopic (exact) mass is 452 g/mol. The van der Waals surface area contributed by atoms with Gasteiger partial charge in [-0.1, -0.05) is 137 Å². The highest BCUT2D eigenvalue weighted by Gasteiger charge is 2.23. The Labute approximate surface area is 208 Å². The number of hydrogen-bond donors (Lipinski definition) is 0. The maximum Gasteiger partial charge on any atom is 0.0146 e. The SMILES string of the molecule is Cc1cccc(CCc2ccc(C(C)(C)c3ccc(CCCCC4CCCCC4)cc3)cc2)c1. The minimum absolute atomic E-state index is 0.0224. The van der Waals surface area contributed by atoms with Crippen LogP contribution in [0.2, 0.25) is 0 Å². The van der Waals surface area contributed by atoms with Crippen LogP contribution in [0.4, 0.5) is 0 Å². The molecule has 0 spiro atoms. The van der Waals surface area contributed by atoms with Gasteiger partial charge in [-0.3, -0.25) is 0 Å². The smallest absolute Gasteiger partial charge is 0.0146 e. The molecule has 0 nitrogen and oxygen atoms in total. The molecular weight excluding hydrogens is 408 g/mol. The summed E-state index contributed by atoms with van der Waals surface area (Å²) in [5.74, 6) is 1.02. The van der Waals surface area contributed by atoms with Crippen molar-refractivity contribution in [1.29, 1.82) is 0 Å². The van der Waals surface area contributed by atoms with E-state index in [0.717, 1.165) is 18.8 Å². The van der Waals surface area contributed by atoms with Crippen LogP contribution < -0.4 is 0 Å². The Bertz CT molecular complexity index is 1000. The third kappa shape index (κ3) is 6.84. The first kappa shape index (κ1) is 24.8. The summed E-state index contributed by atoms with van der Waals surface area (Å²) in [6, 6.07) is 27.7. The maximum atomic E-state index is 2.37. The van der Waals surface area contributed by atoms with Crippen molar-refractivity contribution in [2.24, 2.45) is 5.92 Å². The minimum atomic E-state index is 0.0224. The standard InChI is InChI=1S/C34H44/c1-27-10-9-15-31(26-27)17-16-30-20-24-33(25-21-30)34(2,3)32-22-18-29(19-23-32)14-8-7-13-28-11-5-4-6-12-28/h9-10,15,18-26,28H,4-8,11-14,16-17H2,1-3H3. The molecule has 0 bridgehead atoms. The van der Waals surface area contributed by atoms with Gasteiger partial charge in [-0.25, -0.2) is 0 Å². The Morgan fingerprint density at radius 3 is 1.85 bits per heavy atom. The van der Waals surface area contributed by atoms with E-state index in [-0.39, 0.29) is 5.41 Å². The first-order chi connectivity index (χ1) is 16.5. The molecule has 0 N–H and O–H groups in total. The highest BCUT2D eigenvalue weighted by molar-refractivity contribution is 5.40. The van der Waals surface area contributed by atoms with Gasteiger partial charge < -0.3 is 0 Å². The van der Waals surface area contributed by atoms with E-state index < -0.39 is 0 Å². The highest BCUT2D eigenvalue weighted by atomic mass is 14.3. The number of unbranched alkanes of at least 4 members (excludes halogenated alkanes) is 1. The topological polar surface area (TPSA) is 0 Å². The molecule has 4 rings (SSSR count). The summed E-state index contributed by atoms with van der Waals surface area (Å²) >= 11 is 0. The van der Waals surface area contributed by atoms with Crippen LogP contribution in [0.15, 0.2) is 72.8 Å². The summed E-state index contributed by atoms with van der Waals surface area (Å²) in [7, 11) is 0. The van der Waals surface area contributed by atoms with Crippen molar-refractivity contribution in [3.8, 4) is 0 Å². The predicted octanol–water partition coefficient (Wildman–Crippen LogP) is 9.40. The molecule has 1 aliphatic carbocycles. The van der Waals surface area contributed by atoms with Crippen molar-refractivity contribution < 1.29 is 0 Å². The highest BCUT2D eigenvalue weighted by Crippen LogP contribution is 2.32. The molecule has 0 heterocycles. The van der Waals surface area contributed by atoms with Gasteiger partial charge in [0.2, 0.25) is 0 Å². The van der Waals surface area contributed by atoms with Crippen LogP contribution in [0, 0.1) is 12.8 Å². The summed E-state index contributed by atoms with van der Waals surface area (Å²) in [5.41, 5.74) is 8.52. The van der Waals surface area contributed by atoms with Crippen LogP contribution in [0.5, 0.6) is 0 Å². The van der Waals surface area contributed by atoms with E-state index in [1.165, 1.54) is 91.2 Å². The molecule has 0 aliphatic heterocycles. The van der Waals surface area contributed by atoms with E-state index in [0.29, 0.717) is 0 Å². The van der Waals surface area contributed by atoms with Gasteiger partial charge in [0.25, 0.3) is 0 Å². The van der Waals surface area contributed by atoms with Crippen molar-refractivity contribution in [1.82, 2.24) is 0 Å². The summed E-state index contributed by atoms with van der Waals surface area (Å²) in [5, 5.41) is 0. The molecule has 1 fully saturated rings. The van der Waals surface area contributed by atoms with E-state index in [4.69, 9.17) is 0 Å². The zero-order valence-corrected chi connectivity index (χ0v) is 21.8. The van der Waals surface area contributed by atoms with Gasteiger partial charge in [-0.2, -0.15) is 0 Å². The molecule has 0 saturated heterocycles. The molecule has 0 amide bonds. The summed E-state index contributed by atoms with van der Waals surface area (Å²) in [4.78, 5) is 0. The van der Waals surface area contributed by atoms with Crippen molar-refractivity contribution in [2.75, 3.05) is 0 Å². The molecule has 3 aromatic rings. The van der Waals surface area contributed by atoms with Crippen LogP contribution in [-0.2, 0) is 24.7 Å². The van der Waals surface area contributed by atoms with E-state index in [1.54, 1.807) is 0 Å². The molecule has 0 atom stereocenters. The molecule has 1 aliphatic rings. The zero-order valence-electron chi connectivity index (χ0n) is 21.8. The fourth-order valence-corrected chi connectivity index (χ4v) is 5.74. The summed E-state index contributed by atoms with van der Waals surface area (Å²) in [6.07, 6.45) is 15.0. The fraction of sp³-hybridized carbons (Fsp3) is 0.471. The Morgan fingerprint density at radius 2 is 1.24 bits per heavy atom. The van der Waals surface area contributed by atoms with Gasteiger partial charge in [0.15, 0.2) is 0 Å². The molecule has 0 radical (unpaired) electrons. The van der Waals surface area contributed by atoms with E-state index in [9.17, 15) is 0 Å². The van der Waals surface area contributed by atoms with Gasteiger partial charge in [-0.05, 0) is 66.3 Å². The number of rotatable bonds is 10. The molecule has 3 aromatic carbocycles. The third-order valence-corrected chi connectivity index (χ3v) is 8.19. The Hall–Kier alpha value is -2.34. The van der Waals surface area contributed by atoms with Crippen molar-refractivity contribution >= 4 is 0 Å². The third-order valence-electron chi connectivity index (χ3n) is 8.19. The number of hydrogen-bond acceptors (Lipinski definition) is 0. The van der Waals surface area contributed by atoms with E-state index in [2.05, 4.69) is 93.6 Å². The lowest BCUT2D eigenvalue weighted by Gasteiger charge is -2.26. The van der Waals surface area contributed by atoms with Crippen LogP contribution >= 0.6 is 0 Å². The van der Waals surface area contributed by atoms with Crippen LogP contribution in [0.3, 0.4) is 0 Å². The predicted molar refractivity (Wildman–Crippen MR) is 148 cm³/mol. The average Bonchev–Trinajstić information content (AvgIpc) is 2.87. The van der Waals surface area contributed by atoms with Gasteiger partial charge in [0.1, 0.15) is 0 Å². The average molecular weight is 453 g/mol. The lowest BCUT2D eigenvalue weighted by atomic mass is 9.77. The fourth-order valence-electron chi connectivity index (χ4n) is 5.74. The van der Waals surface area contributed by atoms with Crippen molar-refractivity contribution in [2.45, 2.75) is 96.8 Å². The van der Waals surface area contributed by atoms with Crippen LogP contribution in [0.1, 0.15) is 98.6 Å². The second-order valence-corrected chi connectivity index (χ2v) is 11.3. The molecule has 34 heavy (non-hydrogen) atoms. The van der Waals surface area contributed by atoms with Gasteiger partial charge in [0, 0.05) is 5.41 Å². The van der Waals surface area contributed by atoms with E-state index in [1.807, 2.05) is 0 Å². The lowest BCUT2D eigenvalue weighted by molar-refractivity contribution is 0.330. The molecule has 180 valence electrons. The van der Waals surface area contributed by atoms with Crippen molar-refractivity contribution in [3.63, 3.8) is 0 Å². The van der Waals surface area contributed by atoms with Gasteiger partial charge in [-0.15, -0.1) is 0 Å². The minimum Gasteiger partial charge on any atom is -0.0617 e. The lowest BCUT2D eigenvalue weighted by Crippen LogP contribution is -2.18. The second kappa shape index (κ2) is 11.9. The normalized spacial score (nSPS) is 14.9. The molecule has 0 aromatic heterocycles. The van der Waals surface area contributed by atoms with E-state index >= 15 is 0 Å². The van der Waals surface area contributed by atoms with Crippen molar-refractivity contribution in [3.05, 3.63) is 106 Å².